The van der Waals surface area contributed by atoms with Crippen molar-refractivity contribution in [2.75, 3.05) is 44.3 Å². The van der Waals surface area contributed by atoms with Crippen LogP contribution in [0.25, 0.3) is 4.85 Å². The largest absolute Gasteiger partial charge is 0.491 e. The van der Waals surface area contributed by atoms with Gasteiger partial charge in [-0.25, -0.2) is 9.24 Å². The van der Waals surface area contributed by atoms with E-state index in [-0.39, 0.29) is 19.3 Å². The molecule has 188 valence electrons. The highest BCUT2D eigenvalue weighted by molar-refractivity contribution is 6.30. The summed E-state index contributed by atoms with van der Waals surface area (Å²) in [4.78, 5) is 7.62. The van der Waals surface area contributed by atoms with E-state index in [0.29, 0.717) is 48.3 Å². The van der Waals surface area contributed by atoms with Gasteiger partial charge in [-0.3, -0.25) is 4.90 Å². The molecule has 0 saturated carbocycles. The Morgan fingerprint density at radius 3 is 2.47 bits per heavy atom. The van der Waals surface area contributed by atoms with Crippen molar-refractivity contribution < 1.29 is 19.3 Å². The fraction of sp³-hybridized carbons (Fsp3) is 0.321. The molecule has 0 aromatic heterocycles. The van der Waals surface area contributed by atoms with E-state index in [1.54, 1.807) is 43.3 Å². The number of hydrogen-bond donors (Lipinski definition) is 2. The van der Waals surface area contributed by atoms with Gasteiger partial charge in [0.15, 0.2) is 5.69 Å². The number of hydrogen-bond acceptors (Lipinski definition) is 5. The second-order valence-electron chi connectivity index (χ2n) is 9.11. The fourth-order valence-electron chi connectivity index (χ4n) is 4.64. The van der Waals surface area contributed by atoms with Crippen molar-refractivity contribution in [2.45, 2.75) is 18.6 Å². The lowest BCUT2D eigenvalue weighted by Gasteiger charge is -2.45. The molecule has 36 heavy (non-hydrogen) atoms. The third kappa shape index (κ3) is 5.97. The Labute approximate surface area is 215 Å². The van der Waals surface area contributed by atoms with E-state index < -0.39 is 11.4 Å². The van der Waals surface area contributed by atoms with Gasteiger partial charge in [-0.15, -0.1) is 0 Å². The molecule has 3 aromatic carbocycles. The maximum absolute atomic E-state index is 15.2. The first kappa shape index (κ1) is 25.9. The van der Waals surface area contributed by atoms with Gasteiger partial charge in [0.25, 0.3) is 0 Å². The predicted molar refractivity (Wildman–Crippen MR) is 139 cm³/mol. The number of ether oxygens (including phenoxy) is 1. The summed E-state index contributed by atoms with van der Waals surface area (Å²) in [6, 6.07) is 19.1. The molecular weight excluding hydrogens is 481 g/mol. The number of aliphatic hydroxyl groups is 2. The molecule has 0 amide bonds. The Hall–Kier alpha value is -3.15. The average Bonchev–Trinajstić information content (AvgIpc) is 2.88. The van der Waals surface area contributed by atoms with Crippen molar-refractivity contribution in [2.24, 2.45) is 0 Å². The molecule has 0 radical (unpaired) electrons. The first-order chi connectivity index (χ1) is 17.3. The van der Waals surface area contributed by atoms with E-state index in [2.05, 4.69) is 9.74 Å². The van der Waals surface area contributed by atoms with Crippen LogP contribution in [0.1, 0.15) is 24.1 Å². The Bertz CT molecular complexity index is 1210. The van der Waals surface area contributed by atoms with Gasteiger partial charge in [-0.2, -0.15) is 0 Å². The summed E-state index contributed by atoms with van der Waals surface area (Å²) in [5.74, 6) is -0.0305. The molecule has 1 heterocycles. The second kappa shape index (κ2) is 11.3. The number of benzene rings is 3. The molecule has 1 aliphatic rings. The predicted octanol–water partition coefficient (Wildman–Crippen LogP) is 5.17. The van der Waals surface area contributed by atoms with Crippen LogP contribution in [0.15, 0.2) is 66.7 Å². The number of aliphatic hydroxyl groups excluding tert-OH is 1. The molecule has 3 aromatic rings. The molecule has 2 atom stereocenters. The summed E-state index contributed by atoms with van der Waals surface area (Å²) in [6.07, 6.45) is 0. The van der Waals surface area contributed by atoms with Crippen LogP contribution in [0.5, 0.6) is 5.75 Å². The van der Waals surface area contributed by atoms with Gasteiger partial charge < -0.3 is 19.8 Å². The monoisotopic (exact) mass is 509 g/mol. The van der Waals surface area contributed by atoms with Gasteiger partial charge in [0, 0.05) is 37.3 Å². The van der Waals surface area contributed by atoms with Crippen LogP contribution in [-0.4, -0.2) is 54.5 Å². The maximum Gasteiger partial charge on any atom is 0.187 e. The molecular formula is C28H29ClFN3O3. The SMILES string of the molecule is [C-]#[N+]c1ccc([C@](C)(O)CN2CCN(c3ccc(OCCO)cc3F)[C@H](c3ccc(Cl)cc3)C2)cc1. The fourth-order valence-corrected chi connectivity index (χ4v) is 4.76. The Balaban J connectivity index is 1.58. The number of nitrogens with zero attached hydrogens (tertiary/aromatic N) is 3. The van der Waals surface area contributed by atoms with Crippen molar-refractivity contribution >= 4 is 23.0 Å². The van der Waals surface area contributed by atoms with E-state index in [0.717, 1.165) is 11.1 Å². The molecule has 6 nitrogen and oxygen atoms in total. The van der Waals surface area contributed by atoms with Gasteiger partial charge in [0.2, 0.25) is 0 Å². The van der Waals surface area contributed by atoms with E-state index in [9.17, 15) is 5.11 Å². The molecule has 1 aliphatic heterocycles. The van der Waals surface area contributed by atoms with E-state index in [1.807, 2.05) is 29.2 Å². The molecule has 8 heteroatoms. The van der Waals surface area contributed by atoms with Crippen LogP contribution in [0.2, 0.25) is 5.02 Å². The van der Waals surface area contributed by atoms with Crippen molar-refractivity contribution in [1.82, 2.24) is 4.90 Å². The maximum atomic E-state index is 15.2. The molecule has 1 saturated heterocycles. The van der Waals surface area contributed by atoms with Gasteiger partial charge in [0.05, 0.1) is 30.5 Å². The lowest BCUT2D eigenvalue weighted by Crippen LogP contribution is -2.52. The lowest BCUT2D eigenvalue weighted by molar-refractivity contribution is 0.0102. The molecule has 0 aliphatic carbocycles. The summed E-state index contributed by atoms with van der Waals surface area (Å²) < 4.78 is 20.5. The van der Waals surface area contributed by atoms with Crippen LogP contribution in [0.3, 0.4) is 0 Å². The molecule has 0 unspecified atom stereocenters. The minimum atomic E-state index is -1.12. The summed E-state index contributed by atoms with van der Waals surface area (Å²) in [5, 5.41) is 20.9. The molecule has 2 N–H and O–H groups in total. The number of anilines is 1. The molecule has 4 rings (SSSR count). The Morgan fingerprint density at radius 1 is 1.11 bits per heavy atom. The normalized spacial score (nSPS) is 17.9. The summed E-state index contributed by atoms with van der Waals surface area (Å²) >= 11 is 6.13. The zero-order valence-corrected chi connectivity index (χ0v) is 20.8. The van der Waals surface area contributed by atoms with E-state index >= 15 is 4.39 Å². The topological polar surface area (TPSA) is 60.5 Å². The average molecular weight is 510 g/mol. The summed E-state index contributed by atoms with van der Waals surface area (Å²) in [5.41, 5.74) is 1.60. The Morgan fingerprint density at radius 2 is 1.83 bits per heavy atom. The van der Waals surface area contributed by atoms with Gasteiger partial charge >= 0.3 is 0 Å². The van der Waals surface area contributed by atoms with E-state index in [4.69, 9.17) is 28.0 Å². The Kier molecular flexibility index (Phi) is 8.12. The van der Waals surface area contributed by atoms with Crippen LogP contribution in [0, 0.1) is 12.4 Å². The van der Waals surface area contributed by atoms with Crippen molar-refractivity contribution in [3.8, 4) is 5.75 Å². The van der Waals surface area contributed by atoms with Crippen LogP contribution < -0.4 is 9.64 Å². The highest BCUT2D eigenvalue weighted by atomic mass is 35.5. The molecule has 1 fully saturated rings. The first-order valence-corrected chi connectivity index (χ1v) is 12.2. The van der Waals surface area contributed by atoms with Crippen molar-refractivity contribution in [3.63, 3.8) is 0 Å². The second-order valence-corrected chi connectivity index (χ2v) is 9.55. The number of β-amino-alcohol motifs (C(OH)–C–C–N with tert-alkyl or cyclic N) is 1. The standard InChI is InChI=1S/C28H29ClFN3O3/c1-28(35,21-5-9-23(31-2)10-6-21)19-32-13-14-33(27(18-32)20-3-7-22(29)8-4-20)26-12-11-24(17-25(26)30)36-16-15-34/h3-12,17,27,34-35H,13-16,18-19H2,1H3/t27-,28+/m0/s1. The lowest BCUT2D eigenvalue weighted by atomic mass is 9.93. The third-order valence-electron chi connectivity index (χ3n) is 6.46. The van der Waals surface area contributed by atoms with Crippen molar-refractivity contribution in [1.29, 1.82) is 0 Å². The third-order valence-corrected chi connectivity index (χ3v) is 6.71. The van der Waals surface area contributed by atoms with Gasteiger partial charge in [-0.05, 0) is 42.3 Å². The quantitative estimate of drug-likeness (QED) is 0.410. The summed E-state index contributed by atoms with van der Waals surface area (Å²) in [7, 11) is 0. The van der Waals surface area contributed by atoms with Crippen molar-refractivity contribution in [3.05, 3.63) is 100 Å². The highest BCUT2D eigenvalue weighted by Crippen LogP contribution is 2.35. The van der Waals surface area contributed by atoms with Crippen LogP contribution in [-0.2, 0) is 5.60 Å². The van der Waals surface area contributed by atoms with E-state index in [1.165, 1.54) is 6.07 Å². The zero-order valence-electron chi connectivity index (χ0n) is 20.1. The van der Waals surface area contributed by atoms with Gasteiger partial charge in [-0.1, -0.05) is 48.0 Å². The highest BCUT2D eigenvalue weighted by Gasteiger charge is 2.34. The smallest absolute Gasteiger partial charge is 0.187 e. The van der Waals surface area contributed by atoms with Gasteiger partial charge in [0.1, 0.15) is 18.2 Å². The zero-order chi connectivity index (χ0) is 25.7. The minimum Gasteiger partial charge on any atom is -0.491 e. The molecule has 0 spiro atoms. The minimum absolute atomic E-state index is 0.103. The summed E-state index contributed by atoms with van der Waals surface area (Å²) in [6.45, 7) is 11.0. The first-order valence-electron chi connectivity index (χ1n) is 11.8. The van der Waals surface area contributed by atoms with Crippen LogP contribution >= 0.6 is 11.6 Å². The number of halogens is 2. The van der Waals surface area contributed by atoms with Crippen LogP contribution in [0.4, 0.5) is 15.8 Å². The number of rotatable bonds is 8. The number of piperazine rings is 1. The molecule has 0 bridgehead atoms.